The Morgan fingerprint density at radius 3 is 2.39 bits per heavy atom. The van der Waals surface area contributed by atoms with Crippen molar-refractivity contribution in [2.24, 2.45) is 0 Å². The third-order valence-electron chi connectivity index (χ3n) is 6.07. The maximum absolute atomic E-state index is 13.3. The van der Waals surface area contributed by atoms with Gasteiger partial charge in [0.1, 0.15) is 23.0 Å². The largest absolute Gasteiger partial charge is 0.508 e. The van der Waals surface area contributed by atoms with Gasteiger partial charge >= 0.3 is 0 Å². The van der Waals surface area contributed by atoms with Gasteiger partial charge in [-0.25, -0.2) is 0 Å². The van der Waals surface area contributed by atoms with Crippen molar-refractivity contribution in [2.75, 3.05) is 20.3 Å². The number of nitrogens with zero attached hydrogens (tertiary/aromatic N) is 1. The van der Waals surface area contributed by atoms with Crippen molar-refractivity contribution in [2.45, 2.75) is 45.1 Å². The van der Waals surface area contributed by atoms with Gasteiger partial charge in [-0.3, -0.25) is 14.4 Å². The first-order valence-electron chi connectivity index (χ1n) is 11.0. The number of ketones is 2. The van der Waals surface area contributed by atoms with Gasteiger partial charge in [0.05, 0.1) is 31.7 Å². The Hall–Kier alpha value is -3.39. The highest BCUT2D eigenvalue weighted by Gasteiger charge is 2.30. The fourth-order valence-electron chi connectivity index (χ4n) is 4.36. The van der Waals surface area contributed by atoms with E-state index in [1.54, 1.807) is 31.2 Å². The molecule has 8 heteroatoms. The molecule has 0 saturated carbocycles. The second-order valence-electron chi connectivity index (χ2n) is 8.12. The second kappa shape index (κ2) is 10.5. The number of hydrogen-bond acceptors (Lipinski definition) is 7. The van der Waals surface area contributed by atoms with E-state index in [9.17, 15) is 29.7 Å². The zero-order chi connectivity index (χ0) is 24.1. The number of carbonyl (C=O) groups is 3. The first-order valence-corrected chi connectivity index (χ1v) is 11.0. The lowest BCUT2D eigenvalue weighted by Crippen LogP contribution is -2.38. The first-order chi connectivity index (χ1) is 15.8. The van der Waals surface area contributed by atoms with E-state index in [-0.39, 0.29) is 53.8 Å². The Kier molecular flexibility index (Phi) is 7.71. The summed E-state index contributed by atoms with van der Waals surface area (Å²) in [5.41, 5.74) is 0.810. The van der Waals surface area contributed by atoms with E-state index < -0.39 is 17.3 Å². The number of rotatable bonds is 9. The van der Waals surface area contributed by atoms with Gasteiger partial charge in [0.15, 0.2) is 5.78 Å². The molecule has 1 aliphatic rings. The van der Waals surface area contributed by atoms with Crippen LogP contribution in [0.2, 0.25) is 0 Å². The van der Waals surface area contributed by atoms with Crippen molar-refractivity contribution in [3.05, 3.63) is 52.6 Å². The maximum atomic E-state index is 13.3. The van der Waals surface area contributed by atoms with E-state index in [1.807, 2.05) is 0 Å². The Balaban J connectivity index is 1.92. The molecule has 8 nitrogen and oxygen atoms in total. The molecule has 1 unspecified atom stereocenters. The van der Waals surface area contributed by atoms with Crippen LogP contribution in [-0.2, 0) is 22.4 Å². The van der Waals surface area contributed by atoms with E-state index in [1.165, 1.54) is 12.0 Å². The van der Waals surface area contributed by atoms with E-state index >= 15 is 0 Å². The monoisotopic (exact) mass is 455 g/mol. The van der Waals surface area contributed by atoms with Gasteiger partial charge in [-0.1, -0.05) is 6.92 Å². The molecule has 1 fully saturated rings. The molecule has 0 aliphatic carbocycles. The predicted molar refractivity (Wildman–Crippen MR) is 121 cm³/mol. The average Bonchev–Trinajstić information content (AvgIpc) is 3.28. The van der Waals surface area contributed by atoms with Crippen LogP contribution in [0.5, 0.6) is 17.2 Å². The second-order valence-corrected chi connectivity index (χ2v) is 8.12. The topological polar surface area (TPSA) is 124 Å². The number of ether oxygens (including phenoxy) is 1. The average molecular weight is 456 g/mol. The maximum Gasteiger partial charge on any atom is 0.230 e. The van der Waals surface area contributed by atoms with E-state index in [0.29, 0.717) is 30.7 Å². The number of phenolic OH excluding ortho intramolecular Hbond substituents is 2. The first kappa shape index (κ1) is 24.3. The van der Waals surface area contributed by atoms with Gasteiger partial charge in [-0.15, -0.1) is 0 Å². The highest BCUT2D eigenvalue weighted by molar-refractivity contribution is 6.13. The third-order valence-corrected chi connectivity index (χ3v) is 6.07. The molecule has 2 aromatic rings. The van der Waals surface area contributed by atoms with Gasteiger partial charge < -0.3 is 25.0 Å². The molecule has 176 valence electrons. The standard InChI is InChI=1S/C25H29NO7/c1-3-19-20(11-17(28)12-23(31)26-10-4-5-16(26)14-27)24(22(30)13-21(19)29)25(32)15-6-8-18(33-2)9-7-15/h6-9,13,16,27,29-30H,3-5,10-12,14H2,1-2H3. The van der Waals surface area contributed by atoms with E-state index in [4.69, 9.17) is 4.74 Å². The number of benzene rings is 2. The third kappa shape index (κ3) is 5.17. The number of hydrogen-bond donors (Lipinski definition) is 3. The number of methoxy groups -OCH3 is 1. The molecule has 0 spiro atoms. The summed E-state index contributed by atoms with van der Waals surface area (Å²) in [6.07, 6.45) is 1.12. The number of Topliss-reactive ketones (excluding diaryl/α,β-unsaturated/α-hetero) is 1. The van der Waals surface area contributed by atoms with Crippen molar-refractivity contribution >= 4 is 17.5 Å². The minimum atomic E-state index is -0.501. The molecule has 1 aliphatic heterocycles. The lowest BCUT2D eigenvalue weighted by Gasteiger charge is -2.23. The summed E-state index contributed by atoms with van der Waals surface area (Å²) in [5.74, 6) is -1.39. The van der Waals surface area contributed by atoms with Gasteiger partial charge in [-0.05, 0) is 54.7 Å². The molecule has 0 radical (unpaired) electrons. The van der Waals surface area contributed by atoms with Crippen LogP contribution < -0.4 is 4.74 Å². The minimum absolute atomic E-state index is 0.0648. The summed E-state index contributed by atoms with van der Waals surface area (Å²) in [4.78, 5) is 40.3. The van der Waals surface area contributed by atoms with Crippen LogP contribution in [0.15, 0.2) is 30.3 Å². The Morgan fingerprint density at radius 2 is 1.79 bits per heavy atom. The molecule has 3 N–H and O–H groups in total. The fraction of sp³-hybridized carbons (Fsp3) is 0.400. The molecule has 0 bridgehead atoms. The Labute approximate surface area is 192 Å². The van der Waals surface area contributed by atoms with Gasteiger partial charge in [0.2, 0.25) is 5.91 Å². The molecular weight excluding hydrogens is 426 g/mol. The molecule has 1 saturated heterocycles. The molecule has 0 aromatic heterocycles. The number of phenols is 2. The Bertz CT molecular complexity index is 1050. The van der Waals surface area contributed by atoms with Crippen molar-refractivity contribution in [1.29, 1.82) is 0 Å². The molecule has 2 aromatic carbocycles. The molecule has 33 heavy (non-hydrogen) atoms. The lowest BCUT2D eigenvalue weighted by molar-refractivity contribution is -0.136. The van der Waals surface area contributed by atoms with Gasteiger partial charge in [-0.2, -0.15) is 0 Å². The zero-order valence-corrected chi connectivity index (χ0v) is 18.8. The number of aromatic hydroxyl groups is 2. The predicted octanol–water partition coefficient (Wildman–Crippen LogP) is 2.38. The van der Waals surface area contributed by atoms with Crippen LogP contribution in [0.25, 0.3) is 0 Å². The smallest absolute Gasteiger partial charge is 0.230 e. The highest BCUT2D eigenvalue weighted by Crippen LogP contribution is 2.35. The van der Waals surface area contributed by atoms with Crippen molar-refractivity contribution < 1.29 is 34.4 Å². The molecule has 3 rings (SSSR count). The summed E-state index contributed by atoms with van der Waals surface area (Å²) in [5, 5.41) is 30.3. The van der Waals surface area contributed by atoms with Gasteiger partial charge in [0.25, 0.3) is 0 Å². The van der Waals surface area contributed by atoms with Crippen LogP contribution >= 0.6 is 0 Å². The molecule has 1 amide bonds. The summed E-state index contributed by atoms with van der Waals surface area (Å²) in [6.45, 7) is 2.11. The molecule has 1 heterocycles. The van der Waals surface area contributed by atoms with Crippen LogP contribution in [0.3, 0.4) is 0 Å². The number of aliphatic hydroxyl groups is 1. The highest BCUT2D eigenvalue weighted by atomic mass is 16.5. The van der Waals surface area contributed by atoms with Gasteiger partial charge in [0, 0.05) is 24.6 Å². The SMILES string of the molecule is CCc1c(O)cc(O)c(C(=O)c2ccc(OC)cc2)c1CC(=O)CC(=O)N1CCCC1CO. The summed E-state index contributed by atoms with van der Waals surface area (Å²) in [6, 6.07) is 7.15. The lowest BCUT2D eigenvalue weighted by atomic mass is 9.88. The molecular formula is C25H29NO7. The summed E-state index contributed by atoms with van der Waals surface area (Å²) >= 11 is 0. The summed E-state index contributed by atoms with van der Waals surface area (Å²) in [7, 11) is 1.51. The van der Waals surface area contributed by atoms with E-state index in [2.05, 4.69) is 0 Å². The minimum Gasteiger partial charge on any atom is -0.508 e. The number of likely N-dealkylation sites (tertiary alicyclic amines) is 1. The zero-order valence-electron chi connectivity index (χ0n) is 18.8. The van der Waals surface area contributed by atoms with Crippen LogP contribution in [0, 0.1) is 0 Å². The van der Waals surface area contributed by atoms with Crippen LogP contribution in [0.4, 0.5) is 0 Å². The normalized spacial score (nSPS) is 15.5. The van der Waals surface area contributed by atoms with E-state index in [0.717, 1.165) is 12.5 Å². The van der Waals surface area contributed by atoms with Crippen molar-refractivity contribution in [1.82, 2.24) is 4.90 Å². The van der Waals surface area contributed by atoms with Crippen LogP contribution in [-0.4, -0.2) is 64.0 Å². The Morgan fingerprint density at radius 1 is 1.09 bits per heavy atom. The number of aliphatic hydroxyl groups excluding tert-OH is 1. The summed E-state index contributed by atoms with van der Waals surface area (Å²) < 4.78 is 5.11. The number of amides is 1. The van der Waals surface area contributed by atoms with Crippen LogP contribution in [0.1, 0.15) is 53.2 Å². The van der Waals surface area contributed by atoms with Crippen molar-refractivity contribution in [3.63, 3.8) is 0 Å². The quantitative estimate of drug-likeness (QED) is 0.392. The molecule has 1 atom stereocenters. The number of carbonyl (C=O) groups excluding carboxylic acids is 3. The fourth-order valence-corrected chi connectivity index (χ4v) is 4.36. The van der Waals surface area contributed by atoms with Crippen molar-refractivity contribution in [3.8, 4) is 17.2 Å².